The lowest BCUT2D eigenvalue weighted by molar-refractivity contribution is -0.144. The van der Waals surface area contributed by atoms with E-state index in [-0.39, 0.29) is 6.54 Å². The molecular weight excluding hydrogens is 286 g/mol. The molecule has 1 atom stereocenters. The summed E-state index contributed by atoms with van der Waals surface area (Å²) >= 11 is 0. The number of hydrogen-bond donors (Lipinski definition) is 2. The van der Waals surface area contributed by atoms with Gasteiger partial charge in [-0.05, 0) is 52.0 Å². The van der Waals surface area contributed by atoms with E-state index in [2.05, 4.69) is 10.4 Å². The summed E-state index contributed by atoms with van der Waals surface area (Å²) in [6.45, 7) is 6.65. The maximum atomic E-state index is 11.9. The minimum atomic E-state index is -1.49. The third-order valence-corrected chi connectivity index (χ3v) is 3.43. The van der Waals surface area contributed by atoms with Gasteiger partial charge < -0.3 is 15.2 Å². The van der Waals surface area contributed by atoms with E-state index in [1.54, 1.807) is 31.6 Å². The molecular formula is C15H23N3O4. The van der Waals surface area contributed by atoms with Crippen LogP contribution in [0, 0.1) is 0 Å². The van der Waals surface area contributed by atoms with Gasteiger partial charge >= 0.3 is 12.1 Å². The van der Waals surface area contributed by atoms with Gasteiger partial charge in [0.25, 0.3) is 0 Å². The molecule has 0 aromatic carbocycles. The molecule has 122 valence electrons. The fourth-order valence-corrected chi connectivity index (χ4v) is 2.11. The standard InChI is InChI=1S/C15H23N3O4/c1-14(2,3)22-13(21)17-15(4,12(19)20)9-18-8-11(7-16-18)10-5-6-10/h7-8,10H,5-6,9H2,1-4H3,(H,17,21)(H,19,20). The number of hydrogen-bond acceptors (Lipinski definition) is 4. The topological polar surface area (TPSA) is 93.5 Å². The van der Waals surface area contributed by atoms with Crippen LogP contribution in [0.2, 0.25) is 0 Å². The number of nitrogens with zero attached hydrogens (tertiary/aromatic N) is 2. The highest BCUT2D eigenvalue weighted by Crippen LogP contribution is 2.39. The SMILES string of the molecule is CC(C)(C)OC(=O)NC(C)(Cn1cc(C2CC2)cn1)C(=O)O. The first kappa shape index (κ1) is 16.3. The minimum Gasteiger partial charge on any atom is -0.479 e. The van der Waals surface area contributed by atoms with Gasteiger partial charge in [0.05, 0.1) is 12.7 Å². The Morgan fingerprint density at radius 3 is 2.55 bits per heavy atom. The van der Waals surface area contributed by atoms with Crippen LogP contribution in [0.3, 0.4) is 0 Å². The van der Waals surface area contributed by atoms with Gasteiger partial charge in [0.15, 0.2) is 5.54 Å². The van der Waals surface area contributed by atoms with E-state index in [4.69, 9.17) is 4.74 Å². The van der Waals surface area contributed by atoms with Crippen LogP contribution in [0.5, 0.6) is 0 Å². The van der Waals surface area contributed by atoms with Crippen molar-refractivity contribution in [2.75, 3.05) is 0 Å². The van der Waals surface area contributed by atoms with E-state index in [1.165, 1.54) is 6.92 Å². The van der Waals surface area contributed by atoms with Crippen molar-refractivity contribution in [1.29, 1.82) is 0 Å². The van der Waals surface area contributed by atoms with Crippen molar-refractivity contribution in [3.8, 4) is 0 Å². The molecule has 7 nitrogen and oxygen atoms in total. The molecule has 1 aromatic rings. The molecule has 1 fully saturated rings. The molecule has 1 aliphatic carbocycles. The second-order valence-corrected chi connectivity index (χ2v) is 7.01. The number of aromatic nitrogens is 2. The number of aliphatic carboxylic acids is 1. The van der Waals surface area contributed by atoms with Crippen molar-refractivity contribution >= 4 is 12.1 Å². The molecule has 0 radical (unpaired) electrons. The first-order valence-corrected chi connectivity index (χ1v) is 7.36. The Labute approximate surface area is 129 Å². The van der Waals surface area contributed by atoms with Gasteiger partial charge in [-0.2, -0.15) is 5.10 Å². The Bertz CT molecular complexity index is 572. The van der Waals surface area contributed by atoms with Crippen LogP contribution in [0.4, 0.5) is 4.79 Å². The summed E-state index contributed by atoms with van der Waals surface area (Å²) in [5, 5.41) is 16.1. The lowest BCUT2D eigenvalue weighted by atomic mass is 10.0. The van der Waals surface area contributed by atoms with Gasteiger partial charge in [-0.15, -0.1) is 0 Å². The average Bonchev–Trinajstić information content (AvgIpc) is 3.08. The smallest absolute Gasteiger partial charge is 0.408 e. The molecule has 22 heavy (non-hydrogen) atoms. The van der Waals surface area contributed by atoms with Gasteiger partial charge in [-0.3, -0.25) is 4.68 Å². The first-order chi connectivity index (χ1) is 10.1. The second-order valence-electron chi connectivity index (χ2n) is 7.01. The zero-order valence-corrected chi connectivity index (χ0v) is 13.4. The molecule has 1 aromatic heterocycles. The molecule has 1 unspecified atom stereocenters. The van der Waals surface area contributed by atoms with E-state index in [9.17, 15) is 14.7 Å². The van der Waals surface area contributed by atoms with Gasteiger partial charge in [0, 0.05) is 6.20 Å². The number of nitrogens with one attached hydrogen (secondary N) is 1. The summed E-state index contributed by atoms with van der Waals surface area (Å²) in [4.78, 5) is 23.4. The molecule has 2 N–H and O–H groups in total. The molecule has 1 aliphatic rings. The summed E-state index contributed by atoms with van der Waals surface area (Å²) < 4.78 is 6.69. The van der Waals surface area contributed by atoms with Gasteiger partial charge in [0.1, 0.15) is 5.60 Å². The molecule has 0 spiro atoms. The fourth-order valence-electron chi connectivity index (χ4n) is 2.11. The highest BCUT2D eigenvalue weighted by Gasteiger charge is 2.37. The Balaban J connectivity index is 2.06. The Morgan fingerprint density at radius 1 is 1.41 bits per heavy atom. The van der Waals surface area contributed by atoms with Gasteiger partial charge in [-0.1, -0.05) is 0 Å². The number of carbonyl (C=O) groups excluding carboxylic acids is 1. The number of carboxylic acid groups (broad SMARTS) is 1. The van der Waals surface area contributed by atoms with Crippen molar-refractivity contribution in [2.45, 2.75) is 64.1 Å². The molecule has 2 rings (SSSR count). The maximum absolute atomic E-state index is 11.9. The molecule has 0 aliphatic heterocycles. The molecule has 0 bridgehead atoms. The van der Waals surface area contributed by atoms with E-state index < -0.39 is 23.2 Å². The molecule has 1 saturated carbocycles. The van der Waals surface area contributed by atoms with Gasteiger partial charge in [0.2, 0.25) is 0 Å². The Hall–Kier alpha value is -2.05. The van der Waals surface area contributed by atoms with Crippen LogP contribution in [-0.2, 0) is 16.1 Å². The normalized spacial score (nSPS) is 17.6. The van der Waals surface area contributed by atoms with E-state index >= 15 is 0 Å². The predicted molar refractivity (Wildman–Crippen MR) is 79.6 cm³/mol. The minimum absolute atomic E-state index is 0.0360. The number of ether oxygens (including phenoxy) is 1. The summed E-state index contributed by atoms with van der Waals surface area (Å²) in [5.41, 5.74) is -1.06. The van der Waals surface area contributed by atoms with Gasteiger partial charge in [-0.25, -0.2) is 9.59 Å². The molecule has 0 saturated heterocycles. The van der Waals surface area contributed by atoms with Crippen molar-refractivity contribution in [3.63, 3.8) is 0 Å². The summed E-state index contributed by atoms with van der Waals surface area (Å²) in [6.07, 6.45) is 5.14. The lowest BCUT2D eigenvalue weighted by Crippen LogP contribution is -2.56. The van der Waals surface area contributed by atoms with E-state index in [0.29, 0.717) is 5.92 Å². The van der Waals surface area contributed by atoms with Crippen LogP contribution >= 0.6 is 0 Å². The zero-order valence-electron chi connectivity index (χ0n) is 13.4. The quantitative estimate of drug-likeness (QED) is 0.869. The second kappa shape index (κ2) is 5.62. The Kier molecular flexibility index (Phi) is 4.17. The fraction of sp³-hybridized carbons (Fsp3) is 0.667. The van der Waals surface area contributed by atoms with Crippen LogP contribution in [0.1, 0.15) is 52.0 Å². The van der Waals surface area contributed by atoms with Crippen molar-refractivity contribution in [3.05, 3.63) is 18.0 Å². The molecule has 1 amide bonds. The van der Waals surface area contributed by atoms with Crippen molar-refractivity contribution in [1.82, 2.24) is 15.1 Å². The van der Waals surface area contributed by atoms with Crippen LogP contribution in [0.25, 0.3) is 0 Å². The Morgan fingerprint density at radius 2 is 2.05 bits per heavy atom. The lowest BCUT2D eigenvalue weighted by Gasteiger charge is -2.28. The van der Waals surface area contributed by atoms with Crippen LogP contribution in [0.15, 0.2) is 12.4 Å². The van der Waals surface area contributed by atoms with Crippen molar-refractivity contribution < 1.29 is 19.4 Å². The number of carboxylic acids is 1. The zero-order chi connectivity index (χ0) is 16.5. The van der Waals surface area contributed by atoms with Crippen LogP contribution < -0.4 is 5.32 Å². The van der Waals surface area contributed by atoms with Crippen molar-refractivity contribution in [2.24, 2.45) is 0 Å². The maximum Gasteiger partial charge on any atom is 0.408 e. The molecule has 7 heteroatoms. The highest BCUT2D eigenvalue weighted by atomic mass is 16.6. The summed E-state index contributed by atoms with van der Waals surface area (Å²) in [5.74, 6) is -0.592. The van der Waals surface area contributed by atoms with Crippen LogP contribution in [-0.4, -0.2) is 38.1 Å². The molecule has 1 heterocycles. The summed E-state index contributed by atoms with van der Waals surface area (Å²) in [6, 6.07) is 0. The largest absolute Gasteiger partial charge is 0.479 e. The number of rotatable bonds is 5. The van der Waals surface area contributed by atoms with E-state index in [0.717, 1.165) is 18.4 Å². The monoisotopic (exact) mass is 309 g/mol. The first-order valence-electron chi connectivity index (χ1n) is 7.36. The predicted octanol–water partition coefficient (Wildman–Crippen LogP) is 2.13. The number of carbonyl (C=O) groups is 2. The summed E-state index contributed by atoms with van der Waals surface area (Å²) in [7, 11) is 0. The third-order valence-electron chi connectivity index (χ3n) is 3.43. The van der Waals surface area contributed by atoms with E-state index in [1.807, 2.05) is 6.20 Å². The average molecular weight is 309 g/mol. The third kappa shape index (κ3) is 4.22. The number of alkyl carbamates (subject to hydrolysis) is 1. The number of amides is 1. The highest BCUT2D eigenvalue weighted by molar-refractivity contribution is 5.83.